The third-order valence-electron chi connectivity index (χ3n) is 6.23. The van der Waals surface area contributed by atoms with Crippen molar-refractivity contribution in [3.8, 4) is 16.9 Å². The first-order chi connectivity index (χ1) is 18.1. The van der Waals surface area contributed by atoms with Gasteiger partial charge in [0.25, 0.3) is 0 Å². The molecule has 1 saturated carbocycles. The average molecular weight is 565 g/mol. The van der Waals surface area contributed by atoms with Gasteiger partial charge in [-0.05, 0) is 87.9 Å². The second-order valence-electron chi connectivity index (χ2n) is 8.60. The molecule has 0 unspecified atom stereocenters. The number of nitrogens with zero attached hydrogens (tertiary/aromatic N) is 2. The van der Waals surface area contributed by atoms with Crippen LogP contribution in [0.5, 0.6) is 5.75 Å². The average Bonchev–Trinajstić information content (AvgIpc) is 2.84. The fourth-order valence-corrected chi connectivity index (χ4v) is 4.97. The summed E-state index contributed by atoms with van der Waals surface area (Å²) < 4.78 is 45.8. The lowest BCUT2D eigenvalue weighted by atomic mass is 9.85. The Morgan fingerprint density at radius 1 is 1.11 bits per heavy atom. The van der Waals surface area contributed by atoms with Gasteiger partial charge in [0.2, 0.25) is 0 Å². The SMILES string of the molecule is Cl.Cl.[2H]C([2H])([2H])N(CC1CCC(Nc2c(C(C)=O)cnc3ccc(-c4cc(Cl)c(O)c(Cl)c4)cc23)CC1)C([2H])([2H])[2H]. The number of aromatic hydroxyl groups is 1. The highest BCUT2D eigenvalue weighted by Gasteiger charge is 2.24. The third kappa shape index (κ3) is 6.72. The van der Waals surface area contributed by atoms with Crippen LogP contribution in [-0.2, 0) is 0 Å². The summed E-state index contributed by atoms with van der Waals surface area (Å²) in [4.78, 5) is 17.6. The molecule has 1 heterocycles. The van der Waals surface area contributed by atoms with Crippen LogP contribution in [0.1, 0.15) is 51.2 Å². The highest BCUT2D eigenvalue weighted by Crippen LogP contribution is 2.38. The molecule has 35 heavy (non-hydrogen) atoms. The topological polar surface area (TPSA) is 65.5 Å². The summed E-state index contributed by atoms with van der Waals surface area (Å²) in [7, 11) is 0. The quantitative estimate of drug-likeness (QED) is 0.303. The monoisotopic (exact) mass is 563 g/mol. The second-order valence-corrected chi connectivity index (χ2v) is 9.41. The van der Waals surface area contributed by atoms with Crippen molar-refractivity contribution < 1.29 is 18.1 Å². The maximum atomic E-state index is 12.5. The molecule has 0 bridgehead atoms. The molecule has 1 aliphatic rings. The zero-order valence-electron chi connectivity index (χ0n) is 25.0. The number of pyridine rings is 1. The standard InChI is InChI=1S/C26H29Cl2N3O2.2ClH/c1-15(32)21-13-29-24-9-6-17(18-11-22(27)26(33)23(28)12-18)10-20(24)25(21)30-19-7-4-16(5-8-19)14-31(2)3;;/h6,9-13,16,19,33H,4-5,7-8,14H2,1-3H3,(H,29,30);2*1H/i2D3,3D3;;. The zero-order chi connectivity index (χ0) is 28.7. The minimum Gasteiger partial charge on any atom is -0.505 e. The van der Waals surface area contributed by atoms with Crippen LogP contribution in [0, 0.1) is 5.92 Å². The molecule has 1 aliphatic carbocycles. The smallest absolute Gasteiger partial charge is 0.163 e. The van der Waals surface area contributed by atoms with Crippen LogP contribution in [0.3, 0.4) is 0 Å². The molecule has 0 saturated heterocycles. The Morgan fingerprint density at radius 2 is 1.77 bits per heavy atom. The van der Waals surface area contributed by atoms with E-state index in [0.29, 0.717) is 52.9 Å². The molecule has 0 aliphatic heterocycles. The van der Waals surface area contributed by atoms with E-state index in [4.69, 9.17) is 31.4 Å². The van der Waals surface area contributed by atoms with Crippen LogP contribution >= 0.6 is 48.0 Å². The molecule has 2 N–H and O–H groups in total. The van der Waals surface area contributed by atoms with E-state index < -0.39 is 14.0 Å². The van der Waals surface area contributed by atoms with Gasteiger partial charge in [-0.3, -0.25) is 9.78 Å². The maximum absolute atomic E-state index is 12.5. The summed E-state index contributed by atoms with van der Waals surface area (Å²) >= 11 is 12.3. The van der Waals surface area contributed by atoms with Crippen LogP contribution in [-0.4, -0.2) is 47.3 Å². The van der Waals surface area contributed by atoms with Crippen molar-refractivity contribution in [2.45, 2.75) is 38.6 Å². The summed E-state index contributed by atoms with van der Waals surface area (Å²) in [5.41, 5.74) is 3.24. The van der Waals surface area contributed by atoms with E-state index in [1.165, 1.54) is 6.92 Å². The molecule has 0 atom stereocenters. The van der Waals surface area contributed by atoms with Crippen molar-refractivity contribution >= 4 is 70.4 Å². The Hall–Kier alpha value is -1.76. The fourth-order valence-electron chi connectivity index (χ4n) is 4.48. The van der Waals surface area contributed by atoms with Gasteiger partial charge in [0.05, 0.1) is 26.8 Å². The van der Waals surface area contributed by atoms with Gasteiger partial charge in [0.15, 0.2) is 11.5 Å². The number of benzene rings is 2. The van der Waals surface area contributed by atoms with Gasteiger partial charge in [-0.1, -0.05) is 29.3 Å². The molecule has 0 amide bonds. The van der Waals surface area contributed by atoms with Crippen molar-refractivity contribution in [3.63, 3.8) is 0 Å². The Morgan fingerprint density at radius 3 is 2.37 bits per heavy atom. The third-order valence-corrected chi connectivity index (χ3v) is 6.81. The molecular formula is C26H31Cl4N3O2. The predicted octanol–water partition coefficient (Wildman–Crippen LogP) is 7.49. The molecule has 0 spiro atoms. The Kier molecular flexibility index (Phi) is 7.60. The lowest BCUT2D eigenvalue weighted by Crippen LogP contribution is -2.31. The molecule has 190 valence electrons. The number of anilines is 1. The highest BCUT2D eigenvalue weighted by molar-refractivity contribution is 6.37. The predicted molar refractivity (Wildman–Crippen MR) is 151 cm³/mol. The largest absolute Gasteiger partial charge is 0.505 e. The number of carbonyl (C=O) groups is 1. The van der Waals surface area contributed by atoms with Crippen molar-refractivity contribution in [2.24, 2.45) is 5.92 Å². The van der Waals surface area contributed by atoms with Crippen LogP contribution in [0.2, 0.25) is 10.0 Å². The summed E-state index contributed by atoms with van der Waals surface area (Å²) in [6, 6.07) is 8.82. The van der Waals surface area contributed by atoms with Gasteiger partial charge >= 0.3 is 0 Å². The summed E-state index contributed by atoms with van der Waals surface area (Å²) in [5.74, 6) is -0.407. The number of fused-ring (bicyclic) bond motifs is 1. The second kappa shape index (κ2) is 12.5. The highest BCUT2D eigenvalue weighted by atomic mass is 35.5. The van der Waals surface area contributed by atoms with Crippen LogP contribution in [0.4, 0.5) is 5.69 Å². The van der Waals surface area contributed by atoms with E-state index in [9.17, 15) is 9.90 Å². The minimum atomic E-state index is -2.70. The number of Topliss-reactive ketones (excluding diaryl/α,β-unsaturated/α-hetero) is 1. The van der Waals surface area contributed by atoms with Crippen molar-refractivity contribution in [2.75, 3.05) is 25.8 Å². The Bertz CT molecular complexity index is 1360. The van der Waals surface area contributed by atoms with Gasteiger partial charge in [0.1, 0.15) is 0 Å². The first-order valence-corrected chi connectivity index (χ1v) is 11.6. The van der Waals surface area contributed by atoms with Gasteiger partial charge in [-0.25, -0.2) is 0 Å². The van der Waals surface area contributed by atoms with E-state index in [1.807, 2.05) is 18.2 Å². The van der Waals surface area contributed by atoms with Crippen molar-refractivity contribution in [3.05, 3.63) is 52.1 Å². The molecule has 4 rings (SSSR count). The van der Waals surface area contributed by atoms with E-state index in [-0.39, 0.29) is 64.9 Å². The van der Waals surface area contributed by atoms with E-state index in [1.54, 1.807) is 18.3 Å². The molecule has 5 nitrogen and oxygen atoms in total. The maximum Gasteiger partial charge on any atom is 0.163 e. The molecular weight excluding hydrogens is 528 g/mol. The molecule has 3 aromatic rings. The van der Waals surface area contributed by atoms with Crippen molar-refractivity contribution in [1.29, 1.82) is 0 Å². The van der Waals surface area contributed by atoms with E-state index in [0.717, 1.165) is 10.9 Å². The molecule has 9 heteroatoms. The number of halogens is 4. The van der Waals surface area contributed by atoms with E-state index in [2.05, 4.69) is 10.3 Å². The molecule has 1 aromatic heterocycles. The van der Waals surface area contributed by atoms with Gasteiger partial charge in [0, 0.05) is 32.4 Å². The van der Waals surface area contributed by atoms with Crippen molar-refractivity contribution in [1.82, 2.24) is 9.88 Å². The minimum absolute atomic E-state index is 0. The van der Waals surface area contributed by atoms with Crippen LogP contribution in [0.25, 0.3) is 22.0 Å². The summed E-state index contributed by atoms with van der Waals surface area (Å²) in [6.07, 6.45) is 4.22. The molecule has 2 aromatic carbocycles. The number of phenols is 1. The number of aromatic nitrogens is 1. The molecule has 1 fully saturated rings. The lowest BCUT2D eigenvalue weighted by molar-refractivity contribution is 0.101. The fraction of sp³-hybridized carbons (Fsp3) is 0.385. The molecule has 0 radical (unpaired) electrons. The van der Waals surface area contributed by atoms with Crippen LogP contribution < -0.4 is 5.32 Å². The summed E-state index contributed by atoms with van der Waals surface area (Å²) in [5, 5.41) is 14.5. The Balaban J connectivity index is 0.00000294. The zero-order valence-corrected chi connectivity index (χ0v) is 22.1. The Labute approximate surface area is 237 Å². The number of nitrogens with one attached hydrogen (secondary N) is 1. The van der Waals surface area contributed by atoms with Gasteiger partial charge in [-0.15, -0.1) is 24.8 Å². The van der Waals surface area contributed by atoms with Gasteiger partial charge < -0.3 is 15.3 Å². The number of carbonyl (C=O) groups excluding carboxylic acids is 1. The van der Waals surface area contributed by atoms with E-state index >= 15 is 0 Å². The van der Waals surface area contributed by atoms with Crippen LogP contribution in [0.15, 0.2) is 36.5 Å². The number of hydrogen-bond acceptors (Lipinski definition) is 5. The number of phenolic OH excluding ortho intramolecular Hbond substituents is 1. The lowest BCUT2D eigenvalue weighted by Gasteiger charge is -2.32. The number of ketones is 1. The number of rotatable bonds is 6. The summed E-state index contributed by atoms with van der Waals surface area (Å²) in [6.45, 7) is -3.95. The first kappa shape index (κ1) is 21.3. The normalized spacial score (nSPS) is 20.8. The number of hydrogen-bond donors (Lipinski definition) is 2. The van der Waals surface area contributed by atoms with Gasteiger partial charge in [-0.2, -0.15) is 0 Å². The first-order valence-electron chi connectivity index (χ1n) is 13.8.